The molecule has 11 heteroatoms. The Morgan fingerprint density at radius 2 is 1.91 bits per heavy atom. The summed E-state index contributed by atoms with van der Waals surface area (Å²) in [7, 11) is 0. The third kappa shape index (κ3) is 12.0. The highest BCUT2D eigenvalue weighted by molar-refractivity contribution is 5.70. The van der Waals surface area contributed by atoms with E-state index in [1.807, 2.05) is 27.7 Å². The molecule has 3 heterocycles. The van der Waals surface area contributed by atoms with E-state index in [2.05, 4.69) is 11.8 Å². The first-order chi connectivity index (χ1) is 22.1. The number of cyclic esters (lactones) is 1. The number of ether oxygens (including phenoxy) is 3. The minimum atomic E-state index is -1.48. The summed E-state index contributed by atoms with van der Waals surface area (Å²) in [6.07, 6.45) is 6.81. The number of amides is 1. The van der Waals surface area contributed by atoms with Crippen LogP contribution >= 0.6 is 0 Å². The van der Waals surface area contributed by atoms with Gasteiger partial charge in [-0.2, -0.15) is 0 Å². The summed E-state index contributed by atoms with van der Waals surface area (Å²) in [6.45, 7) is 16.6. The van der Waals surface area contributed by atoms with Crippen LogP contribution < -0.4 is 0 Å². The Bertz CT molecular complexity index is 1110. The summed E-state index contributed by atoms with van der Waals surface area (Å²) in [5, 5.41) is 43.2. The molecule has 3 aliphatic rings. The molecule has 1 amide bonds. The number of aliphatic hydroxyl groups excluding tert-OH is 2. The number of nitrogens with zero attached hydrogens (tertiary/aromatic N) is 2. The number of hydrogen-bond donors (Lipinski definition) is 4. The molecule has 4 N–H and O–H groups in total. The maximum atomic E-state index is 13.2. The number of piperazine rings is 1. The van der Waals surface area contributed by atoms with Gasteiger partial charge in [0.2, 0.25) is 0 Å². The number of aliphatic hydroxyl groups is 4. The lowest BCUT2D eigenvalue weighted by Crippen LogP contribution is -2.51. The molecule has 0 aromatic carbocycles. The molecule has 10 atom stereocenters. The normalized spacial score (nSPS) is 34.8. The van der Waals surface area contributed by atoms with Crippen molar-refractivity contribution in [3.8, 4) is 0 Å². The Labute approximate surface area is 281 Å². The maximum absolute atomic E-state index is 13.2. The van der Waals surface area contributed by atoms with Gasteiger partial charge in [-0.05, 0) is 64.6 Å². The summed E-state index contributed by atoms with van der Waals surface area (Å²) in [5.74, 6) is -0.941. The van der Waals surface area contributed by atoms with Gasteiger partial charge in [0.1, 0.15) is 11.7 Å². The van der Waals surface area contributed by atoms with E-state index in [-0.39, 0.29) is 43.3 Å². The van der Waals surface area contributed by atoms with Gasteiger partial charge in [-0.15, -0.1) is 0 Å². The molecular weight excluding hydrogens is 604 g/mol. The molecule has 268 valence electrons. The van der Waals surface area contributed by atoms with Crippen LogP contribution in [0, 0.1) is 11.8 Å². The molecule has 10 unspecified atom stereocenters. The molecule has 0 aromatic rings. The first kappa shape index (κ1) is 39.2. The fourth-order valence-corrected chi connectivity index (χ4v) is 6.46. The van der Waals surface area contributed by atoms with Crippen LogP contribution in [0.2, 0.25) is 0 Å². The third-order valence-corrected chi connectivity index (χ3v) is 9.77. The molecule has 0 bridgehead atoms. The molecule has 0 saturated carbocycles. The van der Waals surface area contributed by atoms with Crippen LogP contribution in [0.1, 0.15) is 87.0 Å². The van der Waals surface area contributed by atoms with Crippen LogP contribution in [0.3, 0.4) is 0 Å². The van der Waals surface area contributed by atoms with Gasteiger partial charge < -0.3 is 39.5 Å². The van der Waals surface area contributed by atoms with Gasteiger partial charge in [0, 0.05) is 44.4 Å². The maximum Gasteiger partial charge on any atom is 0.410 e. The van der Waals surface area contributed by atoms with E-state index in [1.165, 1.54) is 0 Å². The van der Waals surface area contributed by atoms with E-state index >= 15 is 0 Å². The largest absolute Gasteiger partial charge is 0.457 e. The average molecular weight is 665 g/mol. The Balaban J connectivity index is 1.73. The summed E-state index contributed by atoms with van der Waals surface area (Å²) < 4.78 is 17.5. The minimum absolute atomic E-state index is 0.0103. The number of carbonyl (C=O) groups is 2. The lowest BCUT2D eigenvalue weighted by Gasteiger charge is -2.37. The van der Waals surface area contributed by atoms with Gasteiger partial charge in [0.05, 0.1) is 36.4 Å². The van der Waals surface area contributed by atoms with Crippen molar-refractivity contribution < 1.29 is 44.2 Å². The summed E-state index contributed by atoms with van der Waals surface area (Å²) in [5.41, 5.74) is -1.93. The molecule has 11 nitrogen and oxygen atoms in total. The second-order valence-corrected chi connectivity index (χ2v) is 14.3. The lowest BCUT2D eigenvalue weighted by atomic mass is 9.88. The molecule has 0 aromatic heterocycles. The zero-order chi connectivity index (χ0) is 34.9. The van der Waals surface area contributed by atoms with Crippen LogP contribution in [0.25, 0.3) is 0 Å². The Hall–Kier alpha value is -2.28. The monoisotopic (exact) mass is 664 g/mol. The van der Waals surface area contributed by atoms with E-state index in [1.54, 1.807) is 49.1 Å². The minimum Gasteiger partial charge on any atom is -0.457 e. The Morgan fingerprint density at radius 1 is 1.23 bits per heavy atom. The first-order valence-corrected chi connectivity index (χ1v) is 17.4. The molecule has 47 heavy (non-hydrogen) atoms. The van der Waals surface area contributed by atoms with Crippen molar-refractivity contribution in [3.05, 3.63) is 36.0 Å². The number of hydrogen-bond acceptors (Lipinski definition) is 10. The highest BCUT2D eigenvalue weighted by Gasteiger charge is 2.47. The zero-order valence-electron chi connectivity index (χ0n) is 29.5. The fourth-order valence-electron chi connectivity index (χ4n) is 6.46. The SMILES string of the molecule is CCCN1CCN(C(=O)OC2/C=C\C(C)C(/C(C)=C/C=C/C(C)(O)CC3OC3C(C)C(O)CC)OC(=O)CC(O)CCC2(C)O)CC1. The first-order valence-electron chi connectivity index (χ1n) is 17.4. The standard InChI is InChI=1S/C36H60N2O9/c1-8-17-37-18-20-38(21-19-37)34(42)46-30-13-12-25(4)32(47-31(41)22-27(39)14-16-36(30,7)44)24(3)11-10-15-35(6,43)23-29-33(45-29)26(5)28(40)9-2/h10-13,15,25-30,32-33,39-40,43-44H,8-9,14,16-23H2,1-7H3/b13-12-,15-10+,24-11+. The van der Waals surface area contributed by atoms with Crippen LogP contribution in [0.5, 0.6) is 0 Å². The van der Waals surface area contributed by atoms with Crippen molar-refractivity contribution in [1.29, 1.82) is 0 Å². The molecule has 3 rings (SSSR count). The summed E-state index contributed by atoms with van der Waals surface area (Å²) in [6, 6.07) is 0. The van der Waals surface area contributed by atoms with Crippen molar-refractivity contribution in [2.45, 2.75) is 135 Å². The van der Waals surface area contributed by atoms with Gasteiger partial charge in [-0.25, -0.2) is 4.79 Å². The van der Waals surface area contributed by atoms with E-state index < -0.39 is 47.7 Å². The topological polar surface area (TPSA) is 153 Å². The number of carbonyl (C=O) groups excluding carboxylic acids is 2. The second-order valence-electron chi connectivity index (χ2n) is 14.3. The van der Waals surface area contributed by atoms with Crippen molar-refractivity contribution in [2.24, 2.45) is 11.8 Å². The summed E-state index contributed by atoms with van der Waals surface area (Å²) >= 11 is 0. The second kappa shape index (κ2) is 17.4. The van der Waals surface area contributed by atoms with E-state index in [0.29, 0.717) is 31.5 Å². The van der Waals surface area contributed by atoms with Gasteiger partial charge in [0.25, 0.3) is 0 Å². The van der Waals surface area contributed by atoms with Crippen molar-refractivity contribution in [1.82, 2.24) is 9.80 Å². The quantitative estimate of drug-likeness (QED) is 0.111. The Kier molecular flexibility index (Phi) is 14.5. The molecule has 0 radical (unpaired) electrons. The number of rotatable bonds is 11. The molecule has 3 aliphatic heterocycles. The molecule has 2 saturated heterocycles. The van der Waals surface area contributed by atoms with Gasteiger partial charge in [-0.3, -0.25) is 9.69 Å². The van der Waals surface area contributed by atoms with Crippen molar-refractivity contribution in [2.75, 3.05) is 32.7 Å². The van der Waals surface area contributed by atoms with Gasteiger partial charge >= 0.3 is 12.1 Å². The van der Waals surface area contributed by atoms with Gasteiger partial charge in [-0.1, -0.05) is 52.0 Å². The predicted molar refractivity (Wildman–Crippen MR) is 179 cm³/mol. The number of epoxide rings is 1. The third-order valence-electron chi connectivity index (χ3n) is 9.77. The molecule has 2 fully saturated rings. The molecular formula is C36H60N2O9. The van der Waals surface area contributed by atoms with Crippen LogP contribution in [0.4, 0.5) is 4.79 Å². The van der Waals surface area contributed by atoms with E-state index in [0.717, 1.165) is 26.1 Å². The smallest absolute Gasteiger partial charge is 0.410 e. The summed E-state index contributed by atoms with van der Waals surface area (Å²) in [4.78, 5) is 30.0. The number of esters is 1. The zero-order valence-corrected chi connectivity index (χ0v) is 29.5. The van der Waals surface area contributed by atoms with E-state index in [4.69, 9.17) is 14.2 Å². The Morgan fingerprint density at radius 3 is 2.55 bits per heavy atom. The van der Waals surface area contributed by atoms with Crippen LogP contribution in [0.15, 0.2) is 36.0 Å². The fraction of sp³-hybridized carbons (Fsp3) is 0.778. The van der Waals surface area contributed by atoms with Crippen molar-refractivity contribution in [3.63, 3.8) is 0 Å². The lowest BCUT2D eigenvalue weighted by molar-refractivity contribution is -0.151. The highest BCUT2D eigenvalue weighted by atomic mass is 16.6. The number of allylic oxidation sites excluding steroid dienone is 2. The molecule has 0 spiro atoms. The predicted octanol–water partition coefficient (Wildman–Crippen LogP) is 3.74. The van der Waals surface area contributed by atoms with Crippen LogP contribution in [-0.4, -0.2) is 123 Å². The molecule has 0 aliphatic carbocycles. The van der Waals surface area contributed by atoms with E-state index in [9.17, 15) is 30.0 Å². The average Bonchev–Trinajstić information content (AvgIpc) is 3.77. The van der Waals surface area contributed by atoms with Crippen molar-refractivity contribution >= 4 is 12.1 Å². The van der Waals surface area contributed by atoms with Gasteiger partial charge in [0.15, 0.2) is 6.10 Å². The highest BCUT2D eigenvalue weighted by Crippen LogP contribution is 2.37. The van der Waals surface area contributed by atoms with Crippen LogP contribution in [-0.2, 0) is 19.0 Å².